The van der Waals surface area contributed by atoms with Crippen molar-refractivity contribution in [3.63, 3.8) is 0 Å². The van der Waals surface area contributed by atoms with E-state index in [2.05, 4.69) is 43.4 Å². The summed E-state index contributed by atoms with van der Waals surface area (Å²) in [5.41, 5.74) is 5.32. The lowest BCUT2D eigenvalue weighted by Gasteiger charge is -2.33. The van der Waals surface area contributed by atoms with Crippen LogP contribution in [-0.2, 0) is 10.2 Å². The average Bonchev–Trinajstić information content (AvgIpc) is 2.71. The van der Waals surface area contributed by atoms with E-state index in [4.69, 9.17) is 4.74 Å². The molecule has 0 unspecified atom stereocenters. The minimum Gasteiger partial charge on any atom is -0.484 e. The first kappa shape index (κ1) is 20.9. The van der Waals surface area contributed by atoms with E-state index in [1.54, 1.807) is 0 Å². The Morgan fingerprint density at radius 1 is 1.04 bits per heavy atom. The second-order valence-electron chi connectivity index (χ2n) is 9.45. The summed E-state index contributed by atoms with van der Waals surface area (Å²) in [7, 11) is 0. The minimum absolute atomic E-state index is 0.000258. The Kier molecular flexibility index (Phi) is 7.14. The third-order valence-corrected chi connectivity index (χ3v) is 6.26. The van der Waals surface area contributed by atoms with Gasteiger partial charge in [0, 0.05) is 11.6 Å². The molecular formula is C24H36N2O2. The van der Waals surface area contributed by atoms with Crippen molar-refractivity contribution in [2.24, 2.45) is 16.9 Å². The van der Waals surface area contributed by atoms with Gasteiger partial charge in [0.1, 0.15) is 5.75 Å². The molecule has 0 saturated heterocycles. The van der Waals surface area contributed by atoms with Gasteiger partial charge in [-0.15, -0.1) is 0 Å². The molecule has 0 bridgehead atoms. The van der Waals surface area contributed by atoms with Crippen LogP contribution in [-0.4, -0.2) is 18.2 Å². The maximum absolute atomic E-state index is 12.2. The predicted molar refractivity (Wildman–Crippen MR) is 115 cm³/mol. The third kappa shape index (κ3) is 5.83. The number of hydrogen-bond donors (Lipinski definition) is 1. The molecule has 4 heteroatoms. The molecule has 0 radical (unpaired) electrons. The van der Waals surface area contributed by atoms with Crippen molar-refractivity contribution in [1.29, 1.82) is 0 Å². The zero-order chi connectivity index (χ0) is 20.0. The Labute approximate surface area is 170 Å². The molecular weight excluding hydrogens is 348 g/mol. The van der Waals surface area contributed by atoms with E-state index >= 15 is 0 Å². The summed E-state index contributed by atoms with van der Waals surface area (Å²) in [5.74, 6) is 1.87. The quantitative estimate of drug-likeness (QED) is 0.671. The number of carbonyl (C=O) groups is 1. The second-order valence-corrected chi connectivity index (χ2v) is 9.45. The van der Waals surface area contributed by atoms with Gasteiger partial charge in [-0.2, -0.15) is 5.10 Å². The second kappa shape index (κ2) is 9.58. The summed E-state index contributed by atoms with van der Waals surface area (Å²) < 4.78 is 5.64. The highest BCUT2D eigenvalue weighted by Gasteiger charge is 2.29. The lowest BCUT2D eigenvalue weighted by Crippen LogP contribution is -2.32. The van der Waals surface area contributed by atoms with Crippen molar-refractivity contribution >= 4 is 11.6 Å². The fraction of sp³-hybridized carbons (Fsp3) is 0.667. The van der Waals surface area contributed by atoms with E-state index in [0.717, 1.165) is 12.3 Å². The summed E-state index contributed by atoms with van der Waals surface area (Å²) in [5, 5.41) is 4.54. The molecule has 2 aliphatic carbocycles. The van der Waals surface area contributed by atoms with Crippen molar-refractivity contribution in [3.05, 3.63) is 29.8 Å². The molecule has 1 atom stereocenters. The van der Waals surface area contributed by atoms with Crippen LogP contribution in [0.5, 0.6) is 5.75 Å². The molecule has 0 heterocycles. The number of benzene rings is 1. The smallest absolute Gasteiger partial charge is 0.277 e. The van der Waals surface area contributed by atoms with Crippen LogP contribution in [0.1, 0.15) is 84.1 Å². The SMILES string of the molecule is CC(C)(C)c1ccc(OCC(=O)N/N=C2\CCCC[C@@H]2C2CCCCC2)cc1. The summed E-state index contributed by atoms with van der Waals surface area (Å²) in [6.45, 7) is 6.55. The summed E-state index contributed by atoms with van der Waals surface area (Å²) in [6, 6.07) is 7.98. The maximum Gasteiger partial charge on any atom is 0.277 e. The van der Waals surface area contributed by atoms with Crippen LogP contribution in [0.15, 0.2) is 29.4 Å². The topological polar surface area (TPSA) is 50.7 Å². The van der Waals surface area contributed by atoms with Gasteiger partial charge in [-0.25, -0.2) is 5.43 Å². The van der Waals surface area contributed by atoms with Gasteiger partial charge in [0.05, 0.1) is 0 Å². The highest BCUT2D eigenvalue weighted by atomic mass is 16.5. The molecule has 1 aromatic rings. The average molecular weight is 385 g/mol. The fourth-order valence-corrected chi connectivity index (χ4v) is 4.57. The Balaban J connectivity index is 1.50. The summed E-state index contributed by atoms with van der Waals surface area (Å²) in [4.78, 5) is 12.2. The van der Waals surface area contributed by atoms with Crippen molar-refractivity contribution in [3.8, 4) is 5.75 Å². The maximum atomic E-state index is 12.2. The molecule has 28 heavy (non-hydrogen) atoms. The van der Waals surface area contributed by atoms with Crippen molar-refractivity contribution in [2.75, 3.05) is 6.61 Å². The molecule has 2 aliphatic rings. The van der Waals surface area contributed by atoms with E-state index < -0.39 is 0 Å². The number of ether oxygens (including phenoxy) is 1. The largest absolute Gasteiger partial charge is 0.484 e. The van der Waals surface area contributed by atoms with Gasteiger partial charge in [0.2, 0.25) is 0 Å². The normalized spacial score (nSPS) is 22.8. The standard InChI is InChI=1S/C24H36N2O2/c1-24(2,3)19-13-15-20(16-14-19)28-17-23(27)26-25-22-12-8-7-11-21(22)18-9-5-4-6-10-18/h13-16,18,21H,4-12,17H2,1-3H3,(H,26,27)/b25-22+/t21-/m1/s1. The molecule has 1 amide bonds. The number of hydrazone groups is 1. The van der Waals surface area contributed by atoms with Crippen LogP contribution in [0.25, 0.3) is 0 Å². The number of amides is 1. The van der Waals surface area contributed by atoms with Crippen molar-refractivity contribution in [1.82, 2.24) is 5.43 Å². The Morgan fingerprint density at radius 3 is 2.39 bits per heavy atom. The van der Waals surface area contributed by atoms with Crippen LogP contribution in [0.3, 0.4) is 0 Å². The Morgan fingerprint density at radius 2 is 1.71 bits per heavy atom. The van der Waals surface area contributed by atoms with Gasteiger partial charge in [0.15, 0.2) is 6.61 Å². The zero-order valence-electron chi connectivity index (χ0n) is 17.8. The predicted octanol–water partition coefficient (Wildman–Crippen LogP) is 5.61. The number of carbonyl (C=O) groups excluding carboxylic acids is 1. The van der Waals surface area contributed by atoms with Gasteiger partial charge in [-0.3, -0.25) is 4.79 Å². The first-order chi connectivity index (χ1) is 13.4. The van der Waals surface area contributed by atoms with E-state index in [-0.39, 0.29) is 17.9 Å². The van der Waals surface area contributed by atoms with Gasteiger partial charge in [0.25, 0.3) is 5.91 Å². The zero-order valence-corrected chi connectivity index (χ0v) is 17.8. The van der Waals surface area contributed by atoms with Crippen molar-refractivity contribution < 1.29 is 9.53 Å². The van der Waals surface area contributed by atoms with Gasteiger partial charge >= 0.3 is 0 Å². The molecule has 3 rings (SSSR count). The van der Waals surface area contributed by atoms with Gasteiger partial charge < -0.3 is 4.74 Å². The lowest BCUT2D eigenvalue weighted by atomic mass is 9.72. The molecule has 0 aromatic heterocycles. The highest BCUT2D eigenvalue weighted by Crippen LogP contribution is 2.36. The molecule has 4 nitrogen and oxygen atoms in total. The first-order valence-electron chi connectivity index (χ1n) is 11.0. The summed E-state index contributed by atoms with van der Waals surface area (Å²) in [6.07, 6.45) is 11.5. The van der Waals surface area contributed by atoms with Gasteiger partial charge in [-0.05, 0) is 61.1 Å². The number of rotatable bonds is 5. The van der Waals surface area contributed by atoms with E-state index in [1.165, 1.54) is 62.6 Å². The Bertz CT molecular complexity index is 667. The molecule has 1 N–H and O–H groups in total. The minimum atomic E-state index is -0.180. The van der Waals surface area contributed by atoms with Crippen LogP contribution >= 0.6 is 0 Å². The number of nitrogens with zero attached hydrogens (tertiary/aromatic N) is 1. The Hall–Kier alpha value is -1.84. The fourth-order valence-electron chi connectivity index (χ4n) is 4.57. The molecule has 0 aliphatic heterocycles. The van der Waals surface area contributed by atoms with E-state index in [9.17, 15) is 4.79 Å². The molecule has 2 saturated carbocycles. The highest BCUT2D eigenvalue weighted by molar-refractivity contribution is 5.89. The third-order valence-electron chi connectivity index (χ3n) is 6.26. The van der Waals surface area contributed by atoms with Crippen LogP contribution in [0, 0.1) is 11.8 Å². The summed E-state index contributed by atoms with van der Waals surface area (Å²) >= 11 is 0. The molecule has 154 valence electrons. The lowest BCUT2D eigenvalue weighted by molar-refractivity contribution is -0.123. The van der Waals surface area contributed by atoms with Crippen molar-refractivity contribution in [2.45, 2.75) is 84.0 Å². The van der Waals surface area contributed by atoms with Crippen LogP contribution in [0.4, 0.5) is 0 Å². The van der Waals surface area contributed by atoms with Crippen LogP contribution < -0.4 is 10.2 Å². The van der Waals surface area contributed by atoms with Gasteiger partial charge in [-0.1, -0.05) is 58.6 Å². The van der Waals surface area contributed by atoms with E-state index in [0.29, 0.717) is 11.7 Å². The van der Waals surface area contributed by atoms with Crippen LogP contribution in [0.2, 0.25) is 0 Å². The molecule has 2 fully saturated rings. The monoisotopic (exact) mass is 384 g/mol. The molecule has 0 spiro atoms. The first-order valence-corrected chi connectivity index (χ1v) is 11.0. The number of hydrogen-bond acceptors (Lipinski definition) is 3. The number of nitrogens with one attached hydrogen (secondary N) is 1. The van der Waals surface area contributed by atoms with E-state index in [1.807, 2.05) is 12.1 Å². The molecule has 1 aromatic carbocycles.